The molecule has 96 valence electrons. The van der Waals surface area contributed by atoms with Crippen molar-refractivity contribution in [1.82, 2.24) is 0 Å². The van der Waals surface area contributed by atoms with Gasteiger partial charge in [-0.1, -0.05) is 0 Å². The summed E-state index contributed by atoms with van der Waals surface area (Å²) in [6, 6.07) is 0. The highest BCUT2D eigenvalue weighted by atomic mass is 32.1. The smallest absolute Gasteiger partial charge is 0.186 e. The van der Waals surface area contributed by atoms with Gasteiger partial charge in [0.1, 0.15) is 18.3 Å². The zero-order valence-corrected chi connectivity index (χ0v) is 10.6. The van der Waals surface area contributed by atoms with E-state index in [-0.39, 0.29) is 5.75 Å². The summed E-state index contributed by atoms with van der Waals surface area (Å²) in [5, 5.41) is 28.7. The first-order chi connectivity index (χ1) is 7.61. The summed E-state index contributed by atoms with van der Waals surface area (Å²) >= 11 is 8.02. The number of aliphatic hydroxyl groups is 3. The maximum atomic E-state index is 9.62. The topological polar surface area (TPSA) is 79.2 Å². The fraction of sp³-hybridized carbons (Fsp3) is 1.00. The van der Waals surface area contributed by atoms with Crippen LogP contribution in [0.25, 0.3) is 0 Å². The maximum Gasteiger partial charge on any atom is 0.186 e. The van der Waals surface area contributed by atoms with Crippen LogP contribution in [0.4, 0.5) is 0 Å². The molecule has 1 aliphatic rings. The molecule has 0 saturated carbocycles. The molecule has 1 rings (SSSR count). The van der Waals surface area contributed by atoms with Crippen molar-refractivity contribution in [2.45, 2.75) is 37.1 Å². The lowest BCUT2D eigenvalue weighted by Gasteiger charge is -2.39. The molecule has 1 heterocycles. The molecule has 1 saturated heterocycles. The van der Waals surface area contributed by atoms with Gasteiger partial charge in [0.2, 0.25) is 0 Å². The Hall–Kier alpha value is 0.500. The molecule has 1 fully saturated rings. The van der Waals surface area contributed by atoms with Gasteiger partial charge in [-0.2, -0.15) is 25.3 Å². The van der Waals surface area contributed by atoms with Gasteiger partial charge >= 0.3 is 0 Å². The van der Waals surface area contributed by atoms with Crippen molar-refractivity contribution in [3.63, 3.8) is 0 Å². The van der Waals surface area contributed by atoms with Crippen LogP contribution in [0, 0.1) is 0 Å². The highest BCUT2D eigenvalue weighted by Crippen LogP contribution is 2.22. The number of thiol groups is 2. The highest BCUT2D eigenvalue weighted by Gasteiger charge is 2.43. The number of aliphatic hydroxyl groups excluding tert-OH is 3. The molecule has 0 aromatic heterocycles. The molecule has 0 aromatic carbocycles. The van der Waals surface area contributed by atoms with E-state index in [1.54, 1.807) is 0 Å². The fourth-order valence-electron chi connectivity index (χ4n) is 1.47. The largest absolute Gasteiger partial charge is 0.388 e. The van der Waals surface area contributed by atoms with Crippen molar-refractivity contribution < 1.29 is 24.8 Å². The predicted molar refractivity (Wildman–Crippen MR) is 65.0 cm³/mol. The summed E-state index contributed by atoms with van der Waals surface area (Å²) in [6.45, 7) is 0.382. The van der Waals surface area contributed by atoms with E-state index in [1.165, 1.54) is 0 Å². The molecule has 0 radical (unpaired) electrons. The molecule has 7 heteroatoms. The van der Waals surface area contributed by atoms with Crippen LogP contribution >= 0.6 is 25.3 Å². The third kappa shape index (κ3) is 3.49. The molecular formula is C9H18O5S2. The molecule has 0 spiro atoms. The molecule has 0 aromatic rings. The summed E-state index contributed by atoms with van der Waals surface area (Å²) in [5.41, 5.74) is 0. The molecule has 3 unspecified atom stereocenters. The molecule has 5 atom stereocenters. The molecule has 0 amide bonds. The zero-order valence-electron chi connectivity index (χ0n) is 8.77. The lowest BCUT2D eigenvalue weighted by atomic mass is 10.00. The molecule has 3 N–H and O–H groups in total. The minimum Gasteiger partial charge on any atom is -0.388 e. The Morgan fingerprint density at radius 2 is 1.75 bits per heavy atom. The Balaban J connectivity index is 2.50. The second-order valence-corrected chi connectivity index (χ2v) is 4.46. The summed E-state index contributed by atoms with van der Waals surface area (Å²) in [7, 11) is 0. The van der Waals surface area contributed by atoms with Crippen LogP contribution in [-0.4, -0.2) is 64.1 Å². The maximum absolute atomic E-state index is 9.62. The van der Waals surface area contributed by atoms with Gasteiger partial charge in [-0.3, -0.25) is 0 Å². The van der Waals surface area contributed by atoms with Gasteiger partial charge < -0.3 is 24.8 Å². The zero-order chi connectivity index (χ0) is 12.1. The molecule has 5 nitrogen and oxygen atoms in total. The second kappa shape index (κ2) is 7.05. The van der Waals surface area contributed by atoms with E-state index in [4.69, 9.17) is 9.47 Å². The quantitative estimate of drug-likeness (QED) is 0.329. The standard InChI is InChI=1S/C9H18O5S2/c10-6-5(4-16)14-9(8(12)7(6)11)13-2-1-3-15/h5-12,15-16H,1-4H2/t5?,6-,7?,8?,9-/m0/s1. The minimum atomic E-state index is -1.27. The van der Waals surface area contributed by atoms with E-state index < -0.39 is 30.7 Å². The molecule has 0 aliphatic carbocycles. The van der Waals surface area contributed by atoms with Crippen LogP contribution in [0.1, 0.15) is 6.42 Å². The number of ether oxygens (including phenoxy) is 2. The first-order valence-electron chi connectivity index (χ1n) is 5.14. The Morgan fingerprint density at radius 3 is 2.31 bits per heavy atom. The van der Waals surface area contributed by atoms with Crippen molar-refractivity contribution >= 4 is 25.3 Å². The van der Waals surface area contributed by atoms with Crippen molar-refractivity contribution in [1.29, 1.82) is 0 Å². The first-order valence-corrected chi connectivity index (χ1v) is 6.41. The monoisotopic (exact) mass is 270 g/mol. The summed E-state index contributed by atoms with van der Waals surface area (Å²) in [6.07, 6.45) is -4.49. The van der Waals surface area contributed by atoms with Gasteiger partial charge in [0.25, 0.3) is 0 Å². The van der Waals surface area contributed by atoms with Crippen molar-refractivity contribution in [2.24, 2.45) is 0 Å². The van der Waals surface area contributed by atoms with Crippen molar-refractivity contribution in [3.05, 3.63) is 0 Å². The van der Waals surface area contributed by atoms with Crippen LogP contribution in [0.3, 0.4) is 0 Å². The Kier molecular flexibility index (Phi) is 6.42. The Labute approximate surface area is 106 Å². The number of rotatable bonds is 5. The van der Waals surface area contributed by atoms with Gasteiger partial charge in [-0.05, 0) is 12.2 Å². The average molecular weight is 270 g/mol. The highest BCUT2D eigenvalue weighted by molar-refractivity contribution is 7.80. The lowest BCUT2D eigenvalue weighted by Crippen LogP contribution is -2.58. The van der Waals surface area contributed by atoms with E-state index in [2.05, 4.69) is 25.3 Å². The average Bonchev–Trinajstić information content (AvgIpc) is 2.29. The van der Waals surface area contributed by atoms with Gasteiger partial charge in [-0.25, -0.2) is 0 Å². The van der Waals surface area contributed by atoms with E-state index in [1.807, 2.05) is 0 Å². The molecular weight excluding hydrogens is 252 g/mol. The summed E-state index contributed by atoms with van der Waals surface area (Å²) in [5.74, 6) is 0.918. The van der Waals surface area contributed by atoms with Crippen LogP contribution in [-0.2, 0) is 9.47 Å². The summed E-state index contributed by atoms with van der Waals surface area (Å²) < 4.78 is 10.6. The van der Waals surface area contributed by atoms with Gasteiger partial charge in [0.15, 0.2) is 6.29 Å². The van der Waals surface area contributed by atoms with E-state index in [0.29, 0.717) is 12.4 Å². The molecule has 16 heavy (non-hydrogen) atoms. The fourth-order valence-corrected chi connectivity index (χ4v) is 1.90. The normalized spacial score (nSPS) is 39.9. The third-order valence-corrected chi connectivity index (χ3v) is 3.11. The Bertz CT molecular complexity index is 204. The van der Waals surface area contributed by atoms with Crippen molar-refractivity contribution in [2.75, 3.05) is 18.1 Å². The van der Waals surface area contributed by atoms with E-state index >= 15 is 0 Å². The molecule has 0 bridgehead atoms. The van der Waals surface area contributed by atoms with Crippen LogP contribution < -0.4 is 0 Å². The number of hydrogen-bond donors (Lipinski definition) is 5. The van der Waals surface area contributed by atoms with Gasteiger partial charge in [0, 0.05) is 5.75 Å². The van der Waals surface area contributed by atoms with Gasteiger partial charge in [0.05, 0.1) is 12.7 Å². The van der Waals surface area contributed by atoms with Gasteiger partial charge in [-0.15, -0.1) is 0 Å². The lowest BCUT2D eigenvalue weighted by molar-refractivity contribution is -0.291. The molecule has 1 aliphatic heterocycles. The van der Waals surface area contributed by atoms with Crippen LogP contribution in [0.5, 0.6) is 0 Å². The predicted octanol–water partition coefficient (Wildman–Crippen LogP) is -0.940. The SMILES string of the molecule is OC1C(O)[C@@H](O)C(CS)O[C@@H]1OCCCS. The van der Waals surface area contributed by atoms with E-state index in [0.717, 1.165) is 6.42 Å². The first kappa shape index (κ1) is 14.6. The van der Waals surface area contributed by atoms with Crippen LogP contribution in [0.15, 0.2) is 0 Å². The Morgan fingerprint density at radius 1 is 1.06 bits per heavy atom. The number of hydrogen-bond acceptors (Lipinski definition) is 7. The van der Waals surface area contributed by atoms with Crippen molar-refractivity contribution in [3.8, 4) is 0 Å². The van der Waals surface area contributed by atoms with Crippen LogP contribution in [0.2, 0.25) is 0 Å². The van der Waals surface area contributed by atoms with E-state index in [9.17, 15) is 15.3 Å². The second-order valence-electron chi connectivity index (χ2n) is 3.65. The summed E-state index contributed by atoms with van der Waals surface area (Å²) in [4.78, 5) is 0. The third-order valence-electron chi connectivity index (χ3n) is 2.43. The minimum absolute atomic E-state index is 0.247.